The van der Waals surface area contributed by atoms with Crippen molar-refractivity contribution >= 4 is 39.1 Å². The summed E-state index contributed by atoms with van der Waals surface area (Å²) in [6.07, 6.45) is 1.49. The monoisotopic (exact) mass is 314 g/mol. The second-order valence-electron chi connectivity index (χ2n) is 3.42. The normalized spacial score (nSPS) is 10.3. The number of hydrogen-bond donors (Lipinski definition) is 1. The molecule has 0 radical (unpaired) electrons. The minimum atomic E-state index is -0.358. The van der Waals surface area contributed by atoms with Crippen LogP contribution >= 0.6 is 27.5 Å². The van der Waals surface area contributed by atoms with E-state index in [1.54, 1.807) is 25.1 Å². The number of rotatable bonds is 2. The maximum absolute atomic E-state index is 11.9. The molecule has 0 unspecified atom stereocenters. The molecule has 1 N–H and O–H groups in total. The number of aromatic nitrogens is 1. The quantitative estimate of drug-likeness (QED) is 0.920. The molecule has 1 heterocycles. The van der Waals surface area contributed by atoms with Crippen LogP contribution < -0.4 is 5.32 Å². The molecule has 0 aliphatic carbocycles. The van der Waals surface area contributed by atoms with Crippen molar-refractivity contribution in [3.63, 3.8) is 0 Å². The standard InChI is InChI=1S/C11H8BrClN2O2/c1-6-5-14-17-10(6)11(16)15-9-4-7(13)2-3-8(9)12/h2-5H,1H3,(H,15,16). The van der Waals surface area contributed by atoms with Crippen molar-refractivity contribution in [1.82, 2.24) is 5.16 Å². The van der Waals surface area contributed by atoms with E-state index in [1.165, 1.54) is 6.20 Å². The van der Waals surface area contributed by atoms with Crippen LogP contribution in [0.4, 0.5) is 5.69 Å². The lowest BCUT2D eigenvalue weighted by Crippen LogP contribution is -2.12. The molecular weight excluding hydrogens is 307 g/mol. The average Bonchev–Trinajstić information content (AvgIpc) is 2.70. The van der Waals surface area contributed by atoms with Crippen molar-refractivity contribution in [2.45, 2.75) is 6.92 Å². The molecule has 2 rings (SSSR count). The Morgan fingerprint density at radius 2 is 2.29 bits per heavy atom. The molecule has 1 amide bonds. The summed E-state index contributed by atoms with van der Waals surface area (Å²) in [5, 5.41) is 6.78. The molecule has 0 aliphatic rings. The Labute approximate surface area is 111 Å². The first-order valence-electron chi connectivity index (χ1n) is 4.75. The first-order chi connectivity index (χ1) is 8.08. The van der Waals surface area contributed by atoms with Gasteiger partial charge in [0.05, 0.1) is 11.9 Å². The zero-order valence-electron chi connectivity index (χ0n) is 8.83. The lowest BCUT2D eigenvalue weighted by molar-refractivity contribution is 0.0987. The summed E-state index contributed by atoms with van der Waals surface area (Å²) in [6, 6.07) is 5.13. The molecule has 2 aromatic rings. The van der Waals surface area contributed by atoms with E-state index in [0.717, 1.165) is 4.47 Å². The largest absolute Gasteiger partial charge is 0.351 e. The minimum absolute atomic E-state index is 0.192. The van der Waals surface area contributed by atoms with E-state index in [-0.39, 0.29) is 11.7 Å². The number of carbonyl (C=O) groups excluding carboxylic acids is 1. The molecule has 0 bridgehead atoms. The molecule has 0 atom stereocenters. The van der Waals surface area contributed by atoms with Crippen LogP contribution in [-0.2, 0) is 0 Å². The third-order valence-electron chi connectivity index (χ3n) is 2.13. The number of halogens is 2. The van der Waals surface area contributed by atoms with E-state index in [1.807, 2.05) is 0 Å². The van der Waals surface area contributed by atoms with Crippen LogP contribution in [0.3, 0.4) is 0 Å². The summed E-state index contributed by atoms with van der Waals surface area (Å²) >= 11 is 9.17. The molecular formula is C11H8BrClN2O2. The highest BCUT2D eigenvalue weighted by Gasteiger charge is 2.15. The van der Waals surface area contributed by atoms with E-state index >= 15 is 0 Å². The minimum Gasteiger partial charge on any atom is -0.351 e. The topological polar surface area (TPSA) is 55.1 Å². The lowest BCUT2D eigenvalue weighted by Gasteiger charge is -2.06. The van der Waals surface area contributed by atoms with Gasteiger partial charge in [0.2, 0.25) is 5.76 Å². The highest BCUT2D eigenvalue weighted by atomic mass is 79.9. The van der Waals surface area contributed by atoms with Gasteiger partial charge in [-0.15, -0.1) is 0 Å². The van der Waals surface area contributed by atoms with E-state index in [9.17, 15) is 4.79 Å². The molecule has 0 aliphatic heterocycles. The summed E-state index contributed by atoms with van der Waals surface area (Å²) in [5.74, 6) is -0.167. The SMILES string of the molecule is Cc1cnoc1C(=O)Nc1cc(Cl)ccc1Br. The van der Waals surface area contributed by atoms with Gasteiger partial charge in [-0.25, -0.2) is 0 Å². The van der Waals surface area contributed by atoms with E-state index in [0.29, 0.717) is 16.3 Å². The number of amides is 1. The van der Waals surface area contributed by atoms with Gasteiger partial charge in [-0.1, -0.05) is 16.8 Å². The summed E-state index contributed by atoms with van der Waals surface area (Å²) < 4.78 is 5.60. The van der Waals surface area contributed by atoms with Gasteiger partial charge in [-0.3, -0.25) is 4.79 Å². The molecule has 88 valence electrons. The fourth-order valence-electron chi connectivity index (χ4n) is 1.28. The van der Waals surface area contributed by atoms with Crippen LogP contribution in [0.15, 0.2) is 33.4 Å². The smallest absolute Gasteiger partial charge is 0.294 e. The molecule has 0 saturated heterocycles. The second-order valence-corrected chi connectivity index (χ2v) is 4.71. The highest BCUT2D eigenvalue weighted by molar-refractivity contribution is 9.10. The number of carbonyl (C=O) groups is 1. The molecule has 4 nitrogen and oxygen atoms in total. The molecule has 17 heavy (non-hydrogen) atoms. The summed E-state index contributed by atoms with van der Waals surface area (Å²) in [4.78, 5) is 11.9. The Bertz CT molecular complexity index is 568. The van der Waals surface area contributed by atoms with Crippen molar-refractivity contribution in [2.24, 2.45) is 0 Å². The van der Waals surface area contributed by atoms with Gasteiger partial charge in [-0.2, -0.15) is 0 Å². The fraction of sp³-hybridized carbons (Fsp3) is 0.0909. The van der Waals surface area contributed by atoms with Crippen LogP contribution in [0, 0.1) is 6.92 Å². The maximum atomic E-state index is 11.9. The lowest BCUT2D eigenvalue weighted by atomic mass is 10.2. The molecule has 1 aromatic heterocycles. The zero-order valence-corrected chi connectivity index (χ0v) is 11.2. The third kappa shape index (κ3) is 2.68. The van der Waals surface area contributed by atoms with Crippen LogP contribution in [0.5, 0.6) is 0 Å². The number of anilines is 1. The highest BCUT2D eigenvalue weighted by Crippen LogP contribution is 2.26. The number of aryl methyl sites for hydroxylation is 1. The van der Waals surface area contributed by atoms with Gasteiger partial charge < -0.3 is 9.84 Å². The number of nitrogens with zero attached hydrogens (tertiary/aromatic N) is 1. The van der Waals surface area contributed by atoms with Crippen LogP contribution in [0.1, 0.15) is 16.1 Å². The first kappa shape index (κ1) is 12.1. The van der Waals surface area contributed by atoms with Crippen molar-refractivity contribution in [1.29, 1.82) is 0 Å². The Morgan fingerprint density at radius 3 is 2.94 bits per heavy atom. The molecule has 6 heteroatoms. The van der Waals surface area contributed by atoms with E-state index in [2.05, 4.69) is 26.4 Å². The average molecular weight is 316 g/mol. The molecule has 0 saturated carbocycles. The van der Waals surface area contributed by atoms with Gasteiger partial charge in [0.1, 0.15) is 0 Å². The Balaban J connectivity index is 2.24. The van der Waals surface area contributed by atoms with Crippen LogP contribution in [0.2, 0.25) is 5.02 Å². The van der Waals surface area contributed by atoms with Gasteiger partial charge in [0.15, 0.2) is 0 Å². The first-order valence-corrected chi connectivity index (χ1v) is 5.92. The summed E-state index contributed by atoms with van der Waals surface area (Å²) in [7, 11) is 0. The van der Waals surface area contributed by atoms with E-state index < -0.39 is 0 Å². The van der Waals surface area contributed by atoms with Gasteiger partial charge in [0.25, 0.3) is 5.91 Å². The zero-order chi connectivity index (χ0) is 12.4. The van der Waals surface area contributed by atoms with E-state index in [4.69, 9.17) is 16.1 Å². The number of benzene rings is 1. The van der Waals surface area contributed by atoms with Crippen LogP contribution in [0.25, 0.3) is 0 Å². The van der Waals surface area contributed by atoms with Crippen molar-refractivity contribution in [2.75, 3.05) is 5.32 Å². The predicted octanol–water partition coefficient (Wildman–Crippen LogP) is 3.65. The Hall–Kier alpha value is -1.33. The molecule has 0 spiro atoms. The van der Waals surface area contributed by atoms with Crippen molar-refractivity contribution in [3.8, 4) is 0 Å². The molecule has 0 fully saturated rings. The Morgan fingerprint density at radius 1 is 1.53 bits per heavy atom. The summed E-state index contributed by atoms with van der Waals surface area (Å²) in [6.45, 7) is 1.75. The van der Waals surface area contributed by atoms with Crippen molar-refractivity contribution < 1.29 is 9.32 Å². The predicted molar refractivity (Wildman–Crippen MR) is 68.3 cm³/mol. The third-order valence-corrected chi connectivity index (χ3v) is 3.06. The fourth-order valence-corrected chi connectivity index (χ4v) is 1.80. The number of nitrogens with one attached hydrogen (secondary N) is 1. The summed E-state index contributed by atoms with van der Waals surface area (Å²) in [5.41, 5.74) is 1.26. The van der Waals surface area contributed by atoms with Crippen molar-refractivity contribution in [3.05, 3.63) is 45.2 Å². The number of hydrogen-bond acceptors (Lipinski definition) is 3. The molecule has 1 aromatic carbocycles. The second kappa shape index (κ2) is 4.89. The van der Waals surface area contributed by atoms with Gasteiger partial charge in [0, 0.05) is 15.1 Å². The van der Waals surface area contributed by atoms with Crippen LogP contribution in [-0.4, -0.2) is 11.1 Å². The Kier molecular flexibility index (Phi) is 3.49. The van der Waals surface area contributed by atoms with Gasteiger partial charge >= 0.3 is 0 Å². The van der Waals surface area contributed by atoms with Gasteiger partial charge in [-0.05, 0) is 41.1 Å². The maximum Gasteiger partial charge on any atom is 0.294 e.